The number of hydrogen-bond acceptors (Lipinski definition) is 3. The van der Waals surface area contributed by atoms with Crippen LogP contribution in [0.2, 0.25) is 0 Å². The van der Waals surface area contributed by atoms with Crippen LogP contribution in [0.25, 0.3) is 10.9 Å². The van der Waals surface area contributed by atoms with Gasteiger partial charge in [-0.05, 0) is 17.5 Å². The number of nitrogens with zero attached hydrogens (tertiary/aromatic N) is 1. The quantitative estimate of drug-likeness (QED) is 0.735. The molecule has 2 N–H and O–H groups in total. The van der Waals surface area contributed by atoms with E-state index in [2.05, 4.69) is 10.9 Å². The number of amides is 1. The van der Waals surface area contributed by atoms with Crippen LogP contribution in [0.4, 0.5) is 0 Å². The Labute approximate surface area is 98.0 Å². The standard InChI is InChI=1S/C12H13N3O2/c1-13-14-11(16)9-7-8-5-3-4-6-10(8)15(2)12(9)17/h3-7,13H,1-2H3,(H,14,16). The average molecular weight is 231 g/mol. The number of nitrogens with one attached hydrogen (secondary N) is 2. The maximum absolute atomic E-state index is 12.0. The number of fused-ring (bicyclic) bond motifs is 1. The van der Waals surface area contributed by atoms with Crippen LogP contribution in [0, 0.1) is 0 Å². The third-order valence-corrected chi connectivity index (χ3v) is 2.62. The first-order valence-corrected chi connectivity index (χ1v) is 5.21. The summed E-state index contributed by atoms with van der Waals surface area (Å²) in [6.07, 6.45) is 0. The van der Waals surface area contributed by atoms with Crippen molar-refractivity contribution in [2.45, 2.75) is 0 Å². The highest BCUT2D eigenvalue weighted by Gasteiger charge is 2.12. The molecule has 1 aromatic heterocycles. The second kappa shape index (κ2) is 4.39. The Morgan fingerprint density at radius 1 is 1.29 bits per heavy atom. The zero-order valence-electron chi connectivity index (χ0n) is 9.65. The van der Waals surface area contributed by atoms with Gasteiger partial charge in [0.1, 0.15) is 5.56 Å². The van der Waals surface area contributed by atoms with Gasteiger partial charge in [0.15, 0.2) is 0 Å². The zero-order valence-corrected chi connectivity index (χ0v) is 9.65. The van der Waals surface area contributed by atoms with Gasteiger partial charge in [-0.25, -0.2) is 5.43 Å². The molecule has 1 aromatic carbocycles. The predicted molar refractivity (Wildman–Crippen MR) is 65.7 cm³/mol. The van der Waals surface area contributed by atoms with Crippen molar-refractivity contribution in [1.29, 1.82) is 0 Å². The van der Waals surface area contributed by atoms with Crippen molar-refractivity contribution in [3.05, 3.63) is 46.2 Å². The molecule has 17 heavy (non-hydrogen) atoms. The number of benzene rings is 1. The molecule has 0 saturated heterocycles. The minimum atomic E-state index is -0.432. The van der Waals surface area contributed by atoms with Crippen LogP contribution in [0.3, 0.4) is 0 Å². The van der Waals surface area contributed by atoms with Crippen molar-refractivity contribution in [2.75, 3.05) is 7.05 Å². The van der Waals surface area contributed by atoms with Crippen molar-refractivity contribution in [2.24, 2.45) is 7.05 Å². The summed E-state index contributed by atoms with van der Waals surface area (Å²) in [4.78, 5) is 23.6. The Morgan fingerprint density at radius 3 is 2.71 bits per heavy atom. The highest BCUT2D eigenvalue weighted by molar-refractivity contribution is 5.97. The molecule has 0 spiro atoms. The average Bonchev–Trinajstić information content (AvgIpc) is 2.34. The van der Waals surface area contributed by atoms with E-state index >= 15 is 0 Å². The van der Waals surface area contributed by atoms with Crippen molar-refractivity contribution >= 4 is 16.8 Å². The summed E-state index contributed by atoms with van der Waals surface area (Å²) in [6.45, 7) is 0. The minimum Gasteiger partial charge on any atom is -0.311 e. The van der Waals surface area contributed by atoms with Gasteiger partial charge in [0.05, 0.1) is 5.52 Å². The monoisotopic (exact) mass is 231 g/mol. The lowest BCUT2D eigenvalue weighted by atomic mass is 10.1. The molecule has 2 aromatic rings. The Kier molecular flexibility index (Phi) is 2.93. The lowest BCUT2D eigenvalue weighted by Crippen LogP contribution is -2.38. The van der Waals surface area contributed by atoms with E-state index in [1.165, 1.54) is 4.57 Å². The van der Waals surface area contributed by atoms with Crippen LogP contribution >= 0.6 is 0 Å². The molecule has 0 fully saturated rings. The Bertz CT molecular complexity index is 631. The number of pyridine rings is 1. The van der Waals surface area contributed by atoms with Gasteiger partial charge in [-0.2, -0.15) is 0 Å². The van der Waals surface area contributed by atoms with Gasteiger partial charge >= 0.3 is 0 Å². The largest absolute Gasteiger partial charge is 0.311 e. The van der Waals surface area contributed by atoms with Gasteiger partial charge in [0, 0.05) is 14.1 Å². The highest BCUT2D eigenvalue weighted by atomic mass is 16.2. The lowest BCUT2D eigenvalue weighted by Gasteiger charge is -2.08. The summed E-state index contributed by atoms with van der Waals surface area (Å²) in [5.74, 6) is -0.432. The number of carbonyl (C=O) groups is 1. The molecule has 0 radical (unpaired) electrons. The normalized spacial score (nSPS) is 10.5. The van der Waals surface area contributed by atoms with Crippen molar-refractivity contribution in [1.82, 2.24) is 15.4 Å². The number of para-hydroxylation sites is 1. The molecule has 0 unspecified atom stereocenters. The van der Waals surface area contributed by atoms with Gasteiger partial charge in [0.25, 0.3) is 11.5 Å². The van der Waals surface area contributed by atoms with Crippen LogP contribution < -0.4 is 16.4 Å². The Hall–Kier alpha value is -2.14. The summed E-state index contributed by atoms with van der Waals surface area (Å²) >= 11 is 0. The third-order valence-electron chi connectivity index (χ3n) is 2.62. The highest BCUT2D eigenvalue weighted by Crippen LogP contribution is 2.11. The van der Waals surface area contributed by atoms with Crippen LogP contribution in [-0.4, -0.2) is 17.5 Å². The summed E-state index contributed by atoms with van der Waals surface area (Å²) in [7, 11) is 3.23. The maximum atomic E-state index is 12.0. The molecule has 1 amide bonds. The second-order valence-corrected chi connectivity index (χ2v) is 3.69. The molecule has 5 nitrogen and oxygen atoms in total. The number of aryl methyl sites for hydroxylation is 1. The first kappa shape index (κ1) is 11.3. The van der Waals surface area contributed by atoms with E-state index in [0.29, 0.717) is 0 Å². The van der Waals surface area contributed by atoms with E-state index in [4.69, 9.17) is 0 Å². The molecule has 0 atom stereocenters. The van der Waals surface area contributed by atoms with Gasteiger partial charge in [-0.3, -0.25) is 15.0 Å². The molecule has 1 heterocycles. The number of carbonyl (C=O) groups excluding carboxylic acids is 1. The topological polar surface area (TPSA) is 63.1 Å². The summed E-state index contributed by atoms with van der Waals surface area (Å²) < 4.78 is 1.47. The fraction of sp³-hybridized carbons (Fsp3) is 0.167. The van der Waals surface area contributed by atoms with E-state index in [0.717, 1.165) is 10.9 Å². The number of hydrogen-bond donors (Lipinski definition) is 2. The first-order valence-electron chi connectivity index (χ1n) is 5.21. The van der Waals surface area contributed by atoms with Gasteiger partial charge < -0.3 is 4.57 Å². The molecule has 88 valence electrons. The van der Waals surface area contributed by atoms with Crippen molar-refractivity contribution < 1.29 is 4.79 Å². The van der Waals surface area contributed by atoms with Crippen LogP contribution in [0.15, 0.2) is 35.1 Å². The molecule has 2 rings (SSSR count). The van der Waals surface area contributed by atoms with E-state index in [-0.39, 0.29) is 11.1 Å². The SMILES string of the molecule is CNNC(=O)c1cc2ccccc2n(C)c1=O. The van der Waals surface area contributed by atoms with E-state index in [1.807, 2.05) is 24.3 Å². The number of hydrazine groups is 1. The van der Waals surface area contributed by atoms with E-state index in [9.17, 15) is 9.59 Å². The van der Waals surface area contributed by atoms with Crippen LogP contribution in [-0.2, 0) is 7.05 Å². The van der Waals surface area contributed by atoms with Gasteiger partial charge in [-0.15, -0.1) is 0 Å². The maximum Gasteiger partial charge on any atom is 0.270 e. The fourth-order valence-electron chi connectivity index (χ4n) is 1.77. The fourth-order valence-corrected chi connectivity index (χ4v) is 1.77. The summed E-state index contributed by atoms with van der Waals surface area (Å²) in [5, 5.41) is 0.857. The Morgan fingerprint density at radius 2 is 2.00 bits per heavy atom. The molecular weight excluding hydrogens is 218 g/mol. The second-order valence-electron chi connectivity index (χ2n) is 3.69. The zero-order chi connectivity index (χ0) is 12.4. The predicted octanol–water partition coefficient (Wildman–Crippen LogP) is 0.403. The van der Waals surface area contributed by atoms with Crippen molar-refractivity contribution in [3.8, 4) is 0 Å². The van der Waals surface area contributed by atoms with Gasteiger partial charge in [0.2, 0.25) is 0 Å². The molecule has 0 saturated carbocycles. The summed E-state index contributed by atoms with van der Waals surface area (Å²) in [5.41, 5.74) is 5.53. The molecule has 5 heteroatoms. The molecule has 0 bridgehead atoms. The van der Waals surface area contributed by atoms with Crippen LogP contribution in [0.1, 0.15) is 10.4 Å². The first-order chi connectivity index (χ1) is 8.15. The third kappa shape index (κ3) is 1.92. The van der Waals surface area contributed by atoms with Crippen molar-refractivity contribution in [3.63, 3.8) is 0 Å². The van der Waals surface area contributed by atoms with Gasteiger partial charge in [-0.1, -0.05) is 18.2 Å². The van der Waals surface area contributed by atoms with E-state index < -0.39 is 5.91 Å². The molecule has 0 aliphatic carbocycles. The molecular formula is C12H13N3O2. The minimum absolute atomic E-state index is 0.126. The Balaban J connectivity index is 2.70. The molecule has 0 aliphatic heterocycles. The molecule has 0 aliphatic rings. The lowest BCUT2D eigenvalue weighted by molar-refractivity contribution is 0.0936. The smallest absolute Gasteiger partial charge is 0.270 e. The van der Waals surface area contributed by atoms with Crippen LogP contribution in [0.5, 0.6) is 0 Å². The summed E-state index contributed by atoms with van der Waals surface area (Å²) in [6, 6.07) is 9.04. The van der Waals surface area contributed by atoms with E-state index in [1.54, 1.807) is 20.2 Å². The number of rotatable bonds is 2. The number of aromatic nitrogens is 1.